The topological polar surface area (TPSA) is 3.24 Å². The monoisotopic (exact) mass is 245 g/mol. The van der Waals surface area contributed by atoms with E-state index in [0.29, 0.717) is 5.41 Å². The smallest absolute Gasteiger partial charge is 0.0395 e. The van der Waals surface area contributed by atoms with Crippen LogP contribution >= 0.6 is 0 Å². The van der Waals surface area contributed by atoms with Crippen molar-refractivity contribution in [2.45, 2.75) is 47.0 Å². The Morgan fingerprint density at radius 2 is 1.72 bits per heavy atom. The average molecular weight is 245 g/mol. The van der Waals surface area contributed by atoms with Gasteiger partial charge in [0.25, 0.3) is 0 Å². The summed E-state index contributed by atoms with van der Waals surface area (Å²) in [5.74, 6) is 0.922. The van der Waals surface area contributed by atoms with Crippen LogP contribution in [0, 0.1) is 18.3 Å². The molecule has 1 aliphatic heterocycles. The van der Waals surface area contributed by atoms with Gasteiger partial charge in [0.05, 0.1) is 0 Å². The van der Waals surface area contributed by atoms with Crippen LogP contribution in [-0.4, -0.2) is 13.1 Å². The van der Waals surface area contributed by atoms with Crippen molar-refractivity contribution >= 4 is 5.69 Å². The quantitative estimate of drug-likeness (QED) is 0.733. The van der Waals surface area contributed by atoms with Crippen LogP contribution < -0.4 is 4.90 Å². The summed E-state index contributed by atoms with van der Waals surface area (Å²) < 4.78 is 0. The maximum atomic E-state index is 2.56. The summed E-state index contributed by atoms with van der Waals surface area (Å²) in [6.45, 7) is 11.8. The number of anilines is 1. The first kappa shape index (κ1) is 13.5. The van der Waals surface area contributed by atoms with E-state index in [1.54, 1.807) is 0 Å². The SMILES string of the molecule is Cc1ccccc1N1CCC(CC(C)(C)C)CC1. The molecule has 0 amide bonds. The second kappa shape index (κ2) is 5.34. The second-order valence-electron chi connectivity index (χ2n) is 6.98. The average Bonchev–Trinajstić information content (AvgIpc) is 2.29. The van der Waals surface area contributed by atoms with Gasteiger partial charge >= 0.3 is 0 Å². The van der Waals surface area contributed by atoms with Crippen molar-refractivity contribution in [3.63, 3.8) is 0 Å². The Morgan fingerprint density at radius 1 is 1.11 bits per heavy atom. The predicted octanol–water partition coefficient (Wildman–Crippen LogP) is 4.65. The molecular formula is C17H27N. The largest absolute Gasteiger partial charge is 0.371 e. The lowest BCUT2D eigenvalue weighted by Gasteiger charge is -2.36. The van der Waals surface area contributed by atoms with Crippen LogP contribution in [0.25, 0.3) is 0 Å². The molecule has 1 nitrogen and oxygen atoms in total. The summed E-state index contributed by atoms with van der Waals surface area (Å²) in [4.78, 5) is 2.56. The van der Waals surface area contributed by atoms with Crippen LogP contribution in [0.3, 0.4) is 0 Å². The molecule has 1 aliphatic rings. The summed E-state index contributed by atoms with van der Waals surface area (Å²) in [5, 5.41) is 0. The van der Waals surface area contributed by atoms with Gasteiger partial charge < -0.3 is 4.90 Å². The first-order valence-electron chi connectivity index (χ1n) is 7.26. The van der Waals surface area contributed by atoms with Gasteiger partial charge in [-0.1, -0.05) is 39.0 Å². The van der Waals surface area contributed by atoms with Crippen LogP contribution in [0.2, 0.25) is 0 Å². The first-order valence-corrected chi connectivity index (χ1v) is 7.26. The molecule has 0 saturated carbocycles. The van der Waals surface area contributed by atoms with Crippen molar-refractivity contribution in [1.29, 1.82) is 0 Å². The molecule has 1 aromatic rings. The highest BCUT2D eigenvalue weighted by Gasteiger charge is 2.24. The fourth-order valence-corrected chi connectivity index (χ4v) is 3.16. The Balaban J connectivity index is 1.93. The van der Waals surface area contributed by atoms with Gasteiger partial charge in [-0.15, -0.1) is 0 Å². The molecule has 0 N–H and O–H groups in total. The molecule has 1 heteroatoms. The molecule has 1 aromatic carbocycles. The van der Waals surface area contributed by atoms with E-state index in [-0.39, 0.29) is 0 Å². The minimum atomic E-state index is 0.482. The van der Waals surface area contributed by atoms with E-state index in [4.69, 9.17) is 0 Å². The second-order valence-corrected chi connectivity index (χ2v) is 6.98. The molecule has 0 aliphatic carbocycles. The van der Waals surface area contributed by atoms with Crippen molar-refractivity contribution in [3.05, 3.63) is 29.8 Å². The van der Waals surface area contributed by atoms with Crippen molar-refractivity contribution in [2.24, 2.45) is 11.3 Å². The molecular weight excluding hydrogens is 218 g/mol. The Kier molecular flexibility index (Phi) is 3.99. The summed E-state index contributed by atoms with van der Waals surface area (Å²) >= 11 is 0. The molecule has 18 heavy (non-hydrogen) atoms. The van der Waals surface area contributed by atoms with Crippen LogP contribution in [0.5, 0.6) is 0 Å². The van der Waals surface area contributed by atoms with Crippen LogP contribution in [0.1, 0.15) is 45.6 Å². The third-order valence-corrected chi connectivity index (χ3v) is 3.97. The van der Waals surface area contributed by atoms with E-state index in [2.05, 4.69) is 56.9 Å². The van der Waals surface area contributed by atoms with Gasteiger partial charge in [0, 0.05) is 18.8 Å². The standard InChI is InChI=1S/C17H27N/c1-14-7-5-6-8-16(14)18-11-9-15(10-12-18)13-17(2,3)4/h5-8,15H,9-13H2,1-4H3. The van der Waals surface area contributed by atoms with Gasteiger partial charge in [-0.2, -0.15) is 0 Å². The van der Waals surface area contributed by atoms with E-state index < -0.39 is 0 Å². The third-order valence-electron chi connectivity index (χ3n) is 3.97. The number of piperidine rings is 1. The Hall–Kier alpha value is -0.980. The first-order chi connectivity index (χ1) is 8.46. The minimum Gasteiger partial charge on any atom is -0.371 e. The molecule has 1 saturated heterocycles. The van der Waals surface area contributed by atoms with Crippen molar-refractivity contribution < 1.29 is 0 Å². The summed E-state index contributed by atoms with van der Waals surface area (Å²) in [7, 11) is 0. The zero-order valence-corrected chi connectivity index (χ0v) is 12.4. The molecule has 100 valence electrons. The Morgan fingerprint density at radius 3 is 2.28 bits per heavy atom. The highest BCUT2D eigenvalue weighted by Crippen LogP contribution is 2.32. The van der Waals surface area contributed by atoms with Gasteiger partial charge in [0.1, 0.15) is 0 Å². The summed E-state index contributed by atoms with van der Waals surface area (Å²) in [6.07, 6.45) is 4.08. The summed E-state index contributed by atoms with van der Waals surface area (Å²) in [6, 6.07) is 8.77. The highest BCUT2D eigenvalue weighted by molar-refractivity contribution is 5.53. The van der Waals surface area contributed by atoms with E-state index >= 15 is 0 Å². The van der Waals surface area contributed by atoms with Crippen LogP contribution in [0.4, 0.5) is 5.69 Å². The van der Waals surface area contributed by atoms with Crippen LogP contribution in [-0.2, 0) is 0 Å². The maximum absolute atomic E-state index is 2.56. The number of nitrogens with zero attached hydrogens (tertiary/aromatic N) is 1. The van der Waals surface area contributed by atoms with Crippen molar-refractivity contribution in [3.8, 4) is 0 Å². The molecule has 1 heterocycles. The van der Waals surface area contributed by atoms with E-state index in [1.807, 2.05) is 0 Å². The molecule has 0 bridgehead atoms. The van der Waals surface area contributed by atoms with Gasteiger partial charge in [-0.05, 0) is 49.1 Å². The summed E-state index contributed by atoms with van der Waals surface area (Å²) in [5.41, 5.74) is 3.33. The van der Waals surface area contributed by atoms with Crippen molar-refractivity contribution in [1.82, 2.24) is 0 Å². The van der Waals surface area contributed by atoms with Crippen LogP contribution in [0.15, 0.2) is 24.3 Å². The number of aryl methyl sites for hydroxylation is 1. The Bertz CT molecular complexity index is 381. The lowest BCUT2D eigenvalue weighted by Crippen LogP contribution is -2.35. The van der Waals surface area contributed by atoms with Gasteiger partial charge in [0.15, 0.2) is 0 Å². The number of hydrogen-bond donors (Lipinski definition) is 0. The zero-order valence-electron chi connectivity index (χ0n) is 12.4. The molecule has 2 rings (SSSR count). The number of benzene rings is 1. The van der Waals surface area contributed by atoms with E-state index in [9.17, 15) is 0 Å². The fourth-order valence-electron chi connectivity index (χ4n) is 3.16. The number of para-hydroxylation sites is 1. The third kappa shape index (κ3) is 3.51. The highest BCUT2D eigenvalue weighted by atomic mass is 15.1. The molecule has 0 atom stereocenters. The molecule has 0 aromatic heterocycles. The van der Waals surface area contributed by atoms with Gasteiger partial charge in [-0.25, -0.2) is 0 Å². The lowest BCUT2D eigenvalue weighted by molar-refractivity contribution is 0.258. The van der Waals surface area contributed by atoms with Crippen molar-refractivity contribution in [2.75, 3.05) is 18.0 Å². The van der Waals surface area contributed by atoms with Gasteiger partial charge in [-0.3, -0.25) is 0 Å². The fraction of sp³-hybridized carbons (Fsp3) is 0.647. The lowest BCUT2D eigenvalue weighted by atomic mass is 9.80. The van der Waals surface area contributed by atoms with E-state index in [0.717, 1.165) is 5.92 Å². The predicted molar refractivity (Wildman–Crippen MR) is 80.2 cm³/mol. The minimum absolute atomic E-state index is 0.482. The number of rotatable bonds is 2. The normalized spacial score (nSPS) is 18.1. The Labute approximate surface area is 112 Å². The van der Waals surface area contributed by atoms with E-state index in [1.165, 1.54) is 43.6 Å². The number of hydrogen-bond acceptors (Lipinski definition) is 1. The maximum Gasteiger partial charge on any atom is 0.0395 e. The molecule has 1 fully saturated rings. The molecule has 0 radical (unpaired) electrons. The molecule has 0 spiro atoms. The van der Waals surface area contributed by atoms with Gasteiger partial charge in [0.2, 0.25) is 0 Å². The zero-order chi connectivity index (χ0) is 13.2. The molecule has 0 unspecified atom stereocenters.